The normalized spacial score (nSPS) is 8.85. The highest BCUT2D eigenvalue weighted by atomic mass is 16.6. The van der Waals surface area contributed by atoms with Crippen molar-refractivity contribution in [2.45, 2.75) is 27.2 Å². The Balaban J connectivity index is 3.64. The molecule has 0 atom stereocenters. The van der Waals surface area contributed by atoms with E-state index in [2.05, 4.69) is 17.1 Å². The first-order valence-corrected chi connectivity index (χ1v) is 4.19. The molecule has 0 aliphatic heterocycles. The molecule has 0 heterocycles. The minimum absolute atomic E-state index is 0.0260. The Hall–Kier alpha value is -1.32. The second-order valence-corrected chi connectivity index (χ2v) is 2.80. The number of nitrogens with zero attached hydrogens (tertiary/aromatic N) is 1. The average Bonchev–Trinajstić information content (AvgIpc) is 2.10. The van der Waals surface area contributed by atoms with Crippen molar-refractivity contribution >= 4 is 11.6 Å². The van der Waals surface area contributed by atoms with Gasteiger partial charge in [0.1, 0.15) is 5.76 Å². The van der Waals surface area contributed by atoms with Crippen molar-refractivity contribution < 1.29 is 9.63 Å². The van der Waals surface area contributed by atoms with E-state index in [-0.39, 0.29) is 5.91 Å². The van der Waals surface area contributed by atoms with E-state index >= 15 is 0 Å². The van der Waals surface area contributed by atoms with Gasteiger partial charge in [0, 0.05) is 6.42 Å². The fraction of sp³-hybridized carbons (Fsp3) is 0.556. The van der Waals surface area contributed by atoms with Gasteiger partial charge in [0.05, 0.1) is 12.3 Å². The summed E-state index contributed by atoms with van der Waals surface area (Å²) in [6.45, 7) is 9.32. The van der Waals surface area contributed by atoms with Gasteiger partial charge in [-0.15, -0.1) is 0 Å². The molecule has 4 nitrogen and oxygen atoms in total. The van der Waals surface area contributed by atoms with Gasteiger partial charge in [-0.3, -0.25) is 4.79 Å². The highest BCUT2D eigenvalue weighted by molar-refractivity contribution is 5.78. The number of amides is 1. The Morgan fingerprint density at radius 3 is 2.62 bits per heavy atom. The third-order valence-electron chi connectivity index (χ3n) is 1.16. The maximum atomic E-state index is 10.8. The number of nitrogens with one attached hydrogen (secondary N) is 1. The van der Waals surface area contributed by atoms with Crippen molar-refractivity contribution in [3.8, 4) is 0 Å². The molecule has 1 N–H and O–H groups in total. The van der Waals surface area contributed by atoms with Crippen LogP contribution in [0.2, 0.25) is 0 Å². The third-order valence-corrected chi connectivity index (χ3v) is 1.16. The van der Waals surface area contributed by atoms with Crippen molar-refractivity contribution in [1.82, 2.24) is 5.32 Å². The number of hydrogen-bond acceptors (Lipinski definition) is 3. The van der Waals surface area contributed by atoms with Crippen LogP contribution < -0.4 is 5.32 Å². The second-order valence-electron chi connectivity index (χ2n) is 2.80. The molecule has 0 fully saturated rings. The number of hydrogen-bond donors (Lipinski definition) is 1. The Morgan fingerprint density at radius 2 is 2.15 bits per heavy atom. The van der Waals surface area contributed by atoms with E-state index in [0.29, 0.717) is 18.7 Å². The van der Waals surface area contributed by atoms with Crippen LogP contribution >= 0.6 is 0 Å². The third kappa shape index (κ3) is 7.05. The molecule has 0 saturated heterocycles. The lowest BCUT2D eigenvalue weighted by Gasteiger charge is -2.04. The summed E-state index contributed by atoms with van der Waals surface area (Å²) in [6, 6.07) is 0. The summed E-state index contributed by atoms with van der Waals surface area (Å²) in [5.41, 5.74) is 0.808. The van der Waals surface area contributed by atoms with Crippen LogP contribution in [0.25, 0.3) is 0 Å². The van der Waals surface area contributed by atoms with E-state index < -0.39 is 0 Å². The molecule has 13 heavy (non-hydrogen) atoms. The van der Waals surface area contributed by atoms with E-state index in [0.717, 1.165) is 5.71 Å². The van der Waals surface area contributed by atoms with Gasteiger partial charge in [-0.1, -0.05) is 18.7 Å². The van der Waals surface area contributed by atoms with Crippen molar-refractivity contribution in [3.63, 3.8) is 0 Å². The topological polar surface area (TPSA) is 50.7 Å². The summed E-state index contributed by atoms with van der Waals surface area (Å²) in [5.74, 6) is 0.407. The van der Waals surface area contributed by atoms with E-state index in [1.54, 1.807) is 6.92 Å². The van der Waals surface area contributed by atoms with E-state index in [1.165, 1.54) is 0 Å². The molecule has 0 aliphatic rings. The largest absolute Gasteiger partial charge is 0.360 e. The van der Waals surface area contributed by atoms with Gasteiger partial charge < -0.3 is 10.2 Å². The lowest BCUT2D eigenvalue weighted by Crippen LogP contribution is -2.24. The second kappa shape index (κ2) is 6.22. The first-order chi connectivity index (χ1) is 6.06. The Labute approximate surface area is 78.6 Å². The van der Waals surface area contributed by atoms with E-state index in [4.69, 9.17) is 4.84 Å². The molecule has 0 aromatic rings. The molecule has 0 bridgehead atoms. The zero-order valence-corrected chi connectivity index (χ0v) is 8.39. The number of carbonyl (C=O) groups excluding carboxylic acids is 1. The lowest BCUT2D eigenvalue weighted by molar-refractivity contribution is -0.120. The van der Waals surface area contributed by atoms with E-state index in [1.807, 2.05) is 13.8 Å². The minimum Gasteiger partial charge on any atom is -0.360 e. The standard InChI is InChI=1S/C9H16N2O2/c1-5-9(12)10-6-8(4)13-11-7(2)3/h4-6H2,1-3H3,(H,10,12). The van der Waals surface area contributed by atoms with E-state index in [9.17, 15) is 4.79 Å². The summed E-state index contributed by atoms with van der Waals surface area (Å²) in [4.78, 5) is 15.7. The Bertz CT molecular complexity index is 218. The Kier molecular flexibility index (Phi) is 5.59. The highest BCUT2D eigenvalue weighted by Gasteiger charge is 1.98. The van der Waals surface area contributed by atoms with Gasteiger partial charge >= 0.3 is 0 Å². The maximum Gasteiger partial charge on any atom is 0.220 e. The molecule has 0 spiro atoms. The van der Waals surface area contributed by atoms with Crippen LogP contribution in [0, 0.1) is 0 Å². The molecule has 0 radical (unpaired) electrons. The van der Waals surface area contributed by atoms with Gasteiger partial charge in [-0.05, 0) is 13.8 Å². The number of oxime groups is 1. The lowest BCUT2D eigenvalue weighted by atomic mass is 10.4. The fourth-order valence-corrected chi connectivity index (χ4v) is 0.510. The predicted octanol–water partition coefficient (Wildman–Crippen LogP) is 1.44. The van der Waals surface area contributed by atoms with Crippen LogP contribution in [0.3, 0.4) is 0 Å². The number of rotatable bonds is 5. The smallest absolute Gasteiger partial charge is 0.220 e. The summed E-state index contributed by atoms with van der Waals surface area (Å²) in [6.07, 6.45) is 0.462. The summed E-state index contributed by atoms with van der Waals surface area (Å²) < 4.78 is 0. The molecule has 0 aromatic heterocycles. The summed E-state index contributed by atoms with van der Waals surface area (Å²) in [7, 11) is 0. The van der Waals surface area contributed by atoms with Crippen LogP contribution in [0.5, 0.6) is 0 Å². The quantitative estimate of drug-likeness (QED) is 0.399. The zero-order chi connectivity index (χ0) is 10.3. The van der Waals surface area contributed by atoms with Gasteiger partial charge in [0.2, 0.25) is 5.91 Å². The maximum absolute atomic E-state index is 10.8. The van der Waals surface area contributed by atoms with Crippen LogP contribution in [-0.2, 0) is 9.63 Å². The molecule has 0 aromatic carbocycles. The molecule has 74 valence electrons. The van der Waals surface area contributed by atoms with Gasteiger partial charge in [-0.25, -0.2) is 0 Å². The van der Waals surface area contributed by atoms with Crippen LogP contribution in [0.1, 0.15) is 27.2 Å². The molecular weight excluding hydrogens is 168 g/mol. The van der Waals surface area contributed by atoms with Crippen LogP contribution in [0.15, 0.2) is 17.5 Å². The van der Waals surface area contributed by atoms with Gasteiger partial charge in [-0.2, -0.15) is 0 Å². The Morgan fingerprint density at radius 1 is 1.54 bits per heavy atom. The van der Waals surface area contributed by atoms with Crippen LogP contribution in [0.4, 0.5) is 0 Å². The summed E-state index contributed by atoms with van der Waals surface area (Å²) >= 11 is 0. The first kappa shape index (κ1) is 11.7. The highest BCUT2D eigenvalue weighted by Crippen LogP contribution is 1.93. The predicted molar refractivity (Wildman–Crippen MR) is 52.3 cm³/mol. The molecule has 0 unspecified atom stereocenters. The fourth-order valence-electron chi connectivity index (χ4n) is 0.510. The van der Waals surface area contributed by atoms with Crippen molar-refractivity contribution in [1.29, 1.82) is 0 Å². The molecule has 4 heteroatoms. The first-order valence-electron chi connectivity index (χ1n) is 4.19. The SMILES string of the molecule is C=C(CNC(=O)CC)ON=C(C)C. The minimum atomic E-state index is -0.0260. The van der Waals surface area contributed by atoms with Crippen LogP contribution in [-0.4, -0.2) is 18.2 Å². The molecule has 0 rings (SSSR count). The van der Waals surface area contributed by atoms with Crippen molar-refractivity contribution in [2.75, 3.05) is 6.54 Å². The van der Waals surface area contributed by atoms with Crippen molar-refractivity contribution in [3.05, 3.63) is 12.3 Å². The molecule has 0 saturated carbocycles. The average molecular weight is 184 g/mol. The van der Waals surface area contributed by atoms with Crippen molar-refractivity contribution in [2.24, 2.45) is 5.16 Å². The zero-order valence-electron chi connectivity index (χ0n) is 8.39. The summed E-state index contributed by atoms with van der Waals surface area (Å²) in [5, 5.41) is 6.32. The molecule has 1 amide bonds. The molecular formula is C9H16N2O2. The number of carbonyl (C=O) groups is 1. The molecule has 0 aliphatic carbocycles. The monoisotopic (exact) mass is 184 g/mol. The van der Waals surface area contributed by atoms with Gasteiger partial charge in [0.25, 0.3) is 0 Å². The van der Waals surface area contributed by atoms with Gasteiger partial charge in [0.15, 0.2) is 0 Å².